The Morgan fingerprint density at radius 3 is 2.50 bits per heavy atom. The molecular formula is C13H19NO2. The van der Waals surface area contributed by atoms with Crippen LogP contribution in [0.25, 0.3) is 0 Å². The Bertz CT molecular complexity index is 324. The first kappa shape index (κ1) is 12.7. The number of amides is 1. The van der Waals surface area contributed by atoms with Crippen LogP contribution in [0.5, 0.6) is 0 Å². The van der Waals surface area contributed by atoms with Crippen LogP contribution in [-0.4, -0.2) is 23.7 Å². The van der Waals surface area contributed by atoms with Gasteiger partial charge in [-0.25, -0.2) is 0 Å². The second-order valence-corrected chi connectivity index (χ2v) is 4.05. The lowest BCUT2D eigenvalue weighted by Crippen LogP contribution is -2.36. The topological polar surface area (TPSA) is 49.3 Å². The minimum atomic E-state index is -0.151. The quantitative estimate of drug-likeness (QED) is 0.794. The molecule has 1 amide bonds. The van der Waals surface area contributed by atoms with Gasteiger partial charge in [0.25, 0.3) is 0 Å². The van der Waals surface area contributed by atoms with Crippen molar-refractivity contribution < 1.29 is 9.90 Å². The Morgan fingerprint density at radius 1 is 1.31 bits per heavy atom. The van der Waals surface area contributed by atoms with Gasteiger partial charge in [-0.2, -0.15) is 0 Å². The standard InChI is InChI=1S/C13H19NO2/c1-10(8-9-15)14-13(16)11(2)12-6-4-3-5-7-12/h3-7,10-11,15H,8-9H2,1-2H3,(H,14,16). The SMILES string of the molecule is CC(CCO)NC(=O)C(C)c1ccccc1. The third kappa shape index (κ3) is 3.66. The highest BCUT2D eigenvalue weighted by molar-refractivity contribution is 5.83. The maximum absolute atomic E-state index is 11.8. The molecule has 1 rings (SSSR count). The summed E-state index contributed by atoms with van der Waals surface area (Å²) in [6, 6.07) is 9.69. The Morgan fingerprint density at radius 2 is 1.94 bits per heavy atom. The van der Waals surface area contributed by atoms with Crippen LogP contribution in [-0.2, 0) is 4.79 Å². The molecule has 16 heavy (non-hydrogen) atoms. The van der Waals surface area contributed by atoms with Crippen molar-refractivity contribution in [2.24, 2.45) is 0 Å². The van der Waals surface area contributed by atoms with Gasteiger partial charge in [0.15, 0.2) is 0 Å². The summed E-state index contributed by atoms with van der Waals surface area (Å²) < 4.78 is 0. The second-order valence-electron chi connectivity index (χ2n) is 4.05. The fourth-order valence-corrected chi connectivity index (χ4v) is 1.53. The van der Waals surface area contributed by atoms with E-state index in [0.717, 1.165) is 5.56 Å². The van der Waals surface area contributed by atoms with Crippen molar-refractivity contribution in [3.63, 3.8) is 0 Å². The molecule has 0 heterocycles. The summed E-state index contributed by atoms with van der Waals surface area (Å²) in [6.45, 7) is 3.88. The summed E-state index contributed by atoms with van der Waals surface area (Å²) in [5.41, 5.74) is 1.01. The number of hydrogen-bond donors (Lipinski definition) is 2. The van der Waals surface area contributed by atoms with Gasteiger partial charge in [0.05, 0.1) is 5.92 Å². The molecule has 2 N–H and O–H groups in total. The minimum absolute atomic E-state index is 0.00662. The van der Waals surface area contributed by atoms with Crippen molar-refractivity contribution in [3.05, 3.63) is 35.9 Å². The number of nitrogens with one attached hydrogen (secondary N) is 1. The normalized spacial score (nSPS) is 14.2. The van der Waals surface area contributed by atoms with Crippen molar-refractivity contribution in [1.29, 1.82) is 0 Å². The van der Waals surface area contributed by atoms with E-state index in [0.29, 0.717) is 6.42 Å². The monoisotopic (exact) mass is 221 g/mol. The van der Waals surface area contributed by atoms with Crippen LogP contribution in [0.3, 0.4) is 0 Å². The molecule has 0 aromatic heterocycles. The van der Waals surface area contributed by atoms with E-state index in [9.17, 15) is 4.79 Å². The molecule has 0 aliphatic heterocycles. The molecule has 1 aromatic carbocycles. The van der Waals surface area contributed by atoms with E-state index < -0.39 is 0 Å². The fourth-order valence-electron chi connectivity index (χ4n) is 1.53. The van der Waals surface area contributed by atoms with Crippen LogP contribution in [0.1, 0.15) is 31.7 Å². The molecular weight excluding hydrogens is 202 g/mol. The summed E-state index contributed by atoms with van der Waals surface area (Å²) in [5, 5.41) is 11.6. The Hall–Kier alpha value is -1.35. The van der Waals surface area contributed by atoms with E-state index in [-0.39, 0.29) is 24.5 Å². The van der Waals surface area contributed by atoms with Gasteiger partial charge < -0.3 is 10.4 Å². The first-order valence-corrected chi connectivity index (χ1v) is 5.61. The number of aliphatic hydroxyl groups is 1. The van der Waals surface area contributed by atoms with Gasteiger partial charge in [-0.1, -0.05) is 30.3 Å². The van der Waals surface area contributed by atoms with Crippen LogP contribution >= 0.6 is 0 Å². The summed E-state index contributed by atoms with van der Waals surface area (Å²) in [7, 11) is 0. The zero-order valence-corrected chi connectivity index (χ0v) is 9.81. The highest BCUT2D eigenvalue weighted by Crippen LogP contribution is 2.14. The van der Waals surface area contributed by atoms with Crippen molar-refractivity contribution >= 4 is 5.91 Å². The maximum Gasteiger partial charge on any atom is 0.227 e. The molecule has 1 aromatic rings. The molecule has 0 spiro atoms. The molecule has 3 heteroatoms. The van der Waals surface area contributed by atoms with Crippen LogP contribution < -0.4 is 5.32 Å². The average molecular weight is 221 g/mol. The van der Waals surface area contributed by atoms with Gasteiger partial charge in [0.2, 0.25) is 5.91 Å². The molecule has 0 bridgehead atoms. The van der Waals surface area contributed by atoms with E-state index >= 15 is 0 Å². The molecule has 0 fully saturated rings. The zero-order chi connectivity index (χ0) is 12.0. The molecule has 2 unspecified atom stereocenters. The highest BCUT2D eigenvalue weighted by Gasteiger charge is 2.16. The van der Waals surface area contributed by atoms with E-state index in [1.807, 2.05) is 44.2 Å². The minimum Gasteiger partial charge on any atom is -0.396 e. The number of carbonyl (C=O) groups is 1. The lowest BCUT2D eigenvalue weighted by molar-refractivity contribution is -0.122. The Labute approximate surface area is 96.5 Å². The Balaban J connectivity index is 2.55. The van der Waals surface area contributed by atoms with Gasteiger partial charge in [-0.05, 0) is 25.8 Å². The smallest absolute Gasteiger partial charge is 0.227 e. The average Bonchev–Trinajstić information content (AvgIpc) is 2.29. The molecule has 88 valence electrons. The predicted octanol–water partition coefficient (Wildman–Crippen LogP) is 1.68. The van der Waals surface area contributed by atoms with Gasteiger partial charge in [0, 0.05) is 12.6 Å². The maximum atomic E-state index is 11.8. The van der Waals surface area contributed by atoms with Crippen molar-refractivity contribution in [2.75, 3.05) is 6.61 Å². The Kier molecular flexibility index (Phi) is 4.99. The van der Waals surface area contributed by atoms with E-state index in [4.69, 9.17) is 5.11 Å². The molecule has 0 saturated heterocycles. The van der Waals surface area contributed by atoms with Gasteiger partial charge in [-0.3, -0.25) is 4.79 Å². The molecule has 2 atom stereocenters. The molecule has 0 radical (unpaired) electrons. The van der Waals surface area contributed by atoms with E-state index in [2.05, 4.69) is 5.32 Å². The lowest BCUT2D eigenvalue weighted by atomic mass is 10.00. The van der Waals surface area contributed by atoms with Crippen molar-refractivity contribution in [3.8, 4) is 0 Å². The van der Waals surface area contributed by atoms with Gasteiger partial charge in [-0.15, -0.1) is 0 Å². The second kappa shape index (κ2) is 6.28. The molecule has 3 nitrogen and oxygen atoms in total. The highest BCUT2D eigenvalue weighted by atomic mass is 16.3. The van der Waals surface area contributed by atoms with Crippen LogP contribution in [0.4, 0.5) is 0 Å². The zero-order valence-electron chi connectivity index (χ0n) is 9.81. The third-order valence-electron chi connectivity index (χ3n) is 2.64. The third-order valence-corrected chi connectivity index (χ3v) is 2.64. The molecule has 0 aliphatic carbocycles. The number of hydrogen-bond acceptors (Lipinski definition) is 2. The van der Waals surface area contributed by atoms with Crippen molar-refractivity contribution in [1.82, 2.24) is 5.32 Å². The first-order valence-electron chi connectivity index (χ1n) is 5.61. The number of carbonyl (C=O) groups excluding carboxylic acids is 1. The van der Waals surface area contributed by atoms with Gasteiger partial charge in [0.1, 0.15) is 0 Å². The van der Waals surface area contributed by atoms with Gasteiger partial charge >= 0.3 is 0 Å². The van der Waals surface area contributed by atoms with Crippen LogP contribution in [0, 0.1) is 0 Å². The molecule has 0 aliphatic rings. The predicted molar refractivity (Wildman–Crippen MR) is 64.2 cm³/mol. The van der Waals surface area contributed by atoms with Crippen LogP contribution in [0.15, 0.2) is 30.3 Å². The summed E-state index contributed by atoms with van der Waals surface area (Å²) in [5.74, 6) is -0.144. The van der Waals surface area contributed by atoms with Crippen LogP contribution in [0.2, 0.25) is 0 Å². The first-order chi connectivity index (χ1) is 7.65. The van der Waals surface area contributed by atoms with E-state index in [1.54, 1.807) is 0 Å². The summed E-state index contributed by atoms with van der Waals surface area (Å²) >= 11 is 0. The molecule has 0 saturated carbocycles. The lowest BCUT2D eigenvalue weighted by Gasteiger charge is -2.17. The number of aliphatic hydroxyl groups excluding tert-OH is 1. The number of rotatable bonds is 5. The summed E-state index contributed by atoms with van der Waals surface area (Å²) in [6.07, 6.45) is 0.591. The van der Waals surface area contributed by atoms with Crippen molar-refractivity contribution in [2.45, 2.75) is 32.2 Å². The largest absolute Gasteiger partial charge is 0.396 e. The van der Waals surface area contributed by atoms with E-state index in [1.165, 1.54) is 0 Å². The number of benzene rings is 1. The fraction of sp³-hybridized carbons (Fsp3) is 0.462. The summed E-state index contributed by atoms with van der Waals surface area (Å²) in [4.78, 5) is 11.8.